The van der Waals surface area contributed by atoms with Crippen molar-refractivity contribution >= 4 is 22.6 Å². The molecule has 102 valence electrons. The van der Waals surface area contributed by atoms with Crippen molar-refractivity contribution in [3.05, 3.63) is 46.5 Å². The van der Waals surface area contributed by atoms with Crippen molar-refractivity contribution in [2.45, 2.75) is 13.8 Å². The van der Waals surface area contributed by atoms with Crippen LogP contribution in [0.1, 0.15) is 11.1 Å². The Kier molecular flexibility index (Phi) is 3.14. The Morgan fingerprint density at radius 2 is 1.95 bits per heavy atom. The molecule has 3 nitrogen and oxygen atoms in total. The third-order valence-electron chi connectivity index (χ3n) is 3.34. The van der Waals surface area contributed by atoms with E-state index in [4.69, 9.17) is 16.3 Å². The Bertz CT molecular complexity index is 793. The van der Waals surface area contributed by atoms with Crippen molar-refractivity contribution in [3.8, 4) is 17.1 Å². The van der Waals surface area contributed by atoms with Gasteiger partial charge in [-0.15, -0.1) is 0 Å². The maximum Gasteiger partial charge on any atom is 0.142 e. The van der Waals surface area contributed by atoms with Gasteiger partial charge in [-0.2, -0.15) is 0 Å². The second-order valence-corrected chi connectivity index (χ2v) is 5.34. The summed E-state index contributed by atoms with van der Waals surface area (Å²) in [5.41, 5.74) is 5.31. The first-order valence-electron chi connectivity index (χ1n) is 6.39. The third-order valence-corrected chi connectivity index (χ3v) is 3.58. The third kappa shape index (κ3) is 2.14. The van der Waals surface area contributed by atoms with Gasteiger partial charge >= 0.3 is 0 Å². The van der Waals surface area contributed by atoms with E-state index in [0.29, 0.717) is 10.8 Å². The lowest BCUT2D eigenvalue weighted by Crippen LogP contribution is -1.89. The molecule has 0 radical (unpaired) electrons. The normalized spacial score (nSPS) is 11.0. The van der Waals surface area contributed by atoms with E-state index in [1.165, 1.54) is 5.56 Å². The molecule has 0 amide bonds. The van der Waals surface area contributed by atoms with Gasteiger partial charge in [0.15, 0.2) is 0 Å². The Morgan fingerprint density at radius 1 is 1.15 bits per heavy atom. The number of H-pyrrole nitrogens is 1. The minimum atomic E-state index is 0.647. The van der Waals surface area contributed by atoms with Gasteiger partial charge in [-0.25, -0.2) is 4.98 Å². The molecular formula is C16H15ClN2O. The number of hydrogen-bond acceptors (Lipinski definition) is 2. The zero-order valence-corrected chi connectivity index (χ0v) is 12.4. The topological polar surface area (TPSA) is 37.9 Å². The maximum atomic E-state index is 6.00. The minimum Gasteiger partial charge on any atom is -0.496 e. The highest BCUT2D eigenvalue weighted by molar-refractivity contribution is 6.30. The number of fused-ring (bicyclic) bond motifs is 1. The van der Waals surface area contributed by atoms with Crippen LogP contribution in [-0.2, 0) is 0 Å². The van der Waals surface area contributed by atoms with E-state index in [1.807, 2.05) is 12.1 Å². The smallest absolute Gasteiger partial charge is 0.142 e. The molecule has 0 fully saturated rings. The molecule has 0 aliphatic carbocycles. The van der Waals surface area contributed by atoms with Crippen molar-refractivity contribution in [1.82, 2.24) is 9.97 Å². The first-order valence-corrected chi connectivity index (χ1v) is 6.77. The minimum absolute atomic E-state index is 0.647. The standard InChI is InChI=1S/C16H15ClN2O/c1-9-6-10(2)15-13(7-9)18-16(19-15)12-5-4-11(17)8-14(12)20-3/h4-8H,1-3H3,(H,18,19). The molecule has 3 rings (SSSR count). The average Bonchev–Trinajstić information content (AvgIpc) is 2.82. The highest BCUT2D eigenvalue weighted by Crippen LogP contribution is 2.32. The second-order valence-electron chi connectivity index (χ2n) is 4.91. The zero-order valence-electron chi connectivity index (χ0n) is 11.6. The van der Waals surface area contributed by atoms with Crippen LogP contribution in [0.3, 0.4) is 0 Å². The molecule has 2 aromatic carbocycles. The Balaban J connectivity index is 2.22. The van der Waals surface area contributed by atoms with Crippen LogP contribution in [0, 0.1) is 13.8 Å². The SMILES string of the molecule is COc1cc(Cl)ccc1-c1nc2c(C)cc(C)cc2[nH]1. The van der Waals surface area contributed by atoms with Gasteiger partial charge in [0, 0.05) is 5.02 Å². The molecule has 1 N–H and O–H groups in total. The summed E-state index contributed by atoms with van der Waals surface area (Å²) >= 11 is 6.00. The summed E-state index contributed by atoms with van der Waals surface area (Å²) in [6, 6.07) is 9.78. The Labute approximate surface area is 122 Å². The van der Waals surface area contributed by atoms with E-state index < -0.39 is 0 Å². The van der Waals surface area contributed by atoms with Gasteiger partial charge in [0.2, 0.25) is 0 Å². The lowest BCUT2D eigenvalue weighted by atomic mass is 10.1. The largest absolute Gasteiger partial charge is 0.496 e. The first kappa shape index (κ1) is 13.0. The Hall–Kier alpha value is -2.00. The van der Waals surface area contributed by atoms with Crippen LogP contribution in [0.15, 0.2) is 30.3 Å². The number of methoxy groups -OCH3 is 1. The number of nitrogens with one attached hydrogen (secondary N) is 1. The lowest BCUT2D eigenvalue weighted by molar-refractivity contribution is 0.416. The van der Waals surface area contributed by atoms with Crippen LogP contribution in [0.25, 0.3) is 22.4 Å². The zero-order chi connectivity index (χ0) is 14.3. The molecule has 4 heteroatoms. The molecule has 0 aliphatic rings. The molecule has 0 atom stereocenters. The van der Waals surface area contributed by atoms with E-state index >= 15 is 0 Å². The number of aromatic amines is 1. The van der Waals surface area contributed by atoms with Gasteiger partial charge in [-0.1, -0.05) is 17.7 Å². The molecule has 0 unspecified atom stereocenters. The van der Waals surface area contributed by atoms with E-state index in [1.54, 1.807) is 13.2 Å². The van der Waals surface area contributed by atoms with Crippen LogP contribution in [-0.4, -0.2) is 17.1 Å². The number of nitrogens with zero attached hydrogens (tertiary/aromatic N) is 1. The van der Waals surface area contributed by atoms with Crippen molar-refractivity contribution in [3.63, 3.8) is 0 Å². The van der Waals surface area contributed by atoms with Crippen LogP contribution in [0.2, 0.25) is 5.02 Å². The predicted molar refractivity (Wildman–Crippen MR) is 82.6 cm³/mol. The van der Waals surface area contributed by atoms with E-state index in [0.717, 1.165) is 28.0 Å². The molecule has 0 bridgehead atoms. The number of ether oxygens (including phenoxy) is 1. The summed E-state index contributed by atoms with van der Waals surface area (Å²) < 4.78 is 5.39. The van der Waals surface area contributed by atoms with Gasteiger partial charge in [0.1, 0.15) is 11.6 Å². The van der Waals surface area contributed by atoms with Crippen LogP contribution >= 0.6 is 11.6 Å². The van der Waals surface area contributed by atoms with Gasteiger partial charge in [-0.3, -0.25) is 0 Å². The summed E-state index contributed by atoms with van der Waals surface area (Å²) in [4.78, 5) is 8.04. The second kappa shape index (κ2) is 4.84. The van der Waals surface area contributed by atoms with Gasteiger partial charge in [0.05, 0.1) is 23.7 Å². The molecule has 1 aromatic heterocycles. The molecule has 0 saturated carbocycles. The number of rotatable bonds is 2. The molecule has 3 aromatic rings. The number of imidazole rings is 1. The highest BCUT2D eigenvalue weighted by atomic mass is 35.5. The van der Waals surface area contributed by atoms with Gasteiger partial charge in [0.25, 0.3) is 0 Å². The van der Waals surface area contributed by atoms with Gasteiger partial charge in [-0.05, 0) is 49.2 Å². The summed E-state index contributed by atoms with van der Waals surface area (Å²) in [7, 11) is 1.63. The fourth-order valence-electron chi connectivity index (χ4n) is 2.46. The molecule has 1 heterocycles. The number of benzene rings is 2. The van der Waals surface area contributed by atoms with Crippen LogP contribution in [0.4, 0.5) is 0 Å². The molecule has 0 saturated heterocycles. The van der Waals surface area contributed by atoms with Crippen molar-refractivity contribution in [1.29, 1.82) is 0 Å². The monoisotopic (exact) mass is 286 g/mol. The van der Waals surface area contributed by atoms with Crippen molar-refractivity contribution in [2.75, 3.05) is 7.11 Å². The molecule has 0 aliphatic heterocycles. The number of aromatic nitrogens is 2. The fourth-order valence-corrected chi connectivity index (χ4v) is 2.62. The van der Waals surface area contributed by atoms with E-state index in [9.17, 15) is 0 Å². The summed E-state index contributed by atoms with van der Waals surface area (Å²) in [5.74, 6) is 1.51. The van der Waals surface area contributed by atoms with E-state index in [-0.39, 0.29) is 0 Å². The van der Waals surface area contributed by atoms with Crippen LogP contribution in [0.5, 0.6) is 5.75 Å². The predicted octanol–water partition coefficient (Wildman–Crippen LogP) is 4.51. The summed E-state index contributed by atoms with van der Waals surface area (Å²) in [6.07, 6.45) is 0. The quantitative estimate of drug-likeness (QED) is 0.753. The number of hydrogen-bond donors (Lipinski definition) is 1. The summed E-state index contributed by atoms with van der Waals surface area (Å²) in [5, 5.41) is 0.647. The molecule has 0 spiro atoms. The maximum absolute atomic E-state index is 6.00. The molecule has 20 heavy (non-hydrogen) atoms. The molecular weight excluding hydrogens is 272 g/mol. The summed E-state index contributed by atoms with van der Waals surface area (Å²) in [6.45, 7) is 4.15. The van der Waals surface area contributed by atoms with E-state index in [2.05, 4.69) is 35.9 Å². The van der Waals surface area contributed by atoms with Crippen molar-refractivity contribution < 1.29 is 4.74 Å². The number of aryl methyl sites for hydroxylation is 2. The van der Waals surface area contributed by atoms with Gasteiger partial charge < -0.3 is 9.72 Å². The first-order chi connectivity index (χ1) is 9.58. The van der Waals surface area contributed by atoms with Crippen molar-refractivity contribution in [2.24, 2.45) is 0 Å². The number of halogens is 1. The Morgan fingerprint density at radius 3 is 2.70 bits per heavy atom. The lowest BCUT2D eigenvalue weighted by Gasteiger charge is -2.06. The highest BCUT2D eigenvalue weighted by Gasteiger charge is 2.12. The average molecular weight is 287 g/mol. The fraction of sp³-hybridized carbons (Fsp3) is 0.188. The van der Waals surface area contributed by atoms with Crippen LogP contribution < -0.4 is 4.74 Å².